The van der Waals surface area contributed by atoms with Crippen LogP contribution in [0.25, 0.3) is 16.7 Å². The lowest BCUT2D eigenvalue weighted by molar-refractivity contribution is 0.0951. The summed E-state index contributed by atoms with van der Waals surface area (Å²) in [5.41, 5.74) is 3.13. The first-order chi connectivity index (χ1) is 13.6. The van der Waals surface area contributed by atoms with Crippen molar-refractivity contribution in [1.82, 2.24) is 34.7 Å². The Morgan fingerprint density at radius 3 is 2.93 bits per heavy atom. The molecule has 0 atom stereocenters. The number of hydrogen-bond acceptors (Lipinski definition) is 5. The van der Waals surface area contributed by atoms with Crippen LogP contribution >= 0.6 is 0 Å². The van der Waals surface area contributed by atoms with Crippen LogP contribution in [0.1, 0.15) is 60.5 Å². The molecule has 1 saturated carbocycles. The summed E-state index contributed by atoms with van der Waals surface area (Å²) in [5.74, 6) is 0.992. The van der Waals surface area contributed by atoms with Gasteiger partial charge in [0.15, 0.2) is 17.1 Å². The van der Waals surface area contributed by atoms with E-state index in [0.717, 1.165) is 35.2 Å². The van der Waals surface area contributed by atoms with Gasteiger partial charge >= 0.3 is 0 Å². The number of pyridine rings is 2. The zero-order valence-electron chi connectivity index (χ0n) is 15.8. The van der Waals surface area contributed by atoms with Crippen molar-refractivity contribution >= 4 is 22.6 Å². The van der Waals surface area contributed by atoms with E-state index in [2.05, 4.69) is 34.5 Å². The molecule has 0 aromatic carbocycles. The molecule has 1 amide bonds. The van der Waals surface area contributed by atoms with Gasteiger partial charge in [0, 0.05) is 23.9 Å². The third-order valence-electron chi connectivity index (χ3n) is 5.11. The first-order valence-corrected chi connectivity index (χ1v) is 9.57. The van der Waals surface area contributed by atoms with Gasteiger partial charge in [0.25, 0.3) is 5.91 Å². The lowest BCUT2D eigenvalue weighted by Crippen LogP contribution is -2.24. The molecule has 0 aliphatic heterocycles. The van der Waals surface area contributed by atoms with E-state index in [1.807, 2.05) is 39.5 Å². The number of nitrogens with one attached hydrogen (secondary N) is 1. The molecule has 1 fully saturated rings. The first kappa shape index (κ1) is 16.9. The highest BCUT2D eigenvalue weighted by Gasteiger charge is 2.28. The fraction of sp³-hybridized carbons (Fsp3) is 0.350. The van der Waals surface area contributed by atoms with Crippen LogP contribution < -0.4 is 5.32 Å². The van der Waals surface area contributed by atoms with E-state index in [9.17, 15) is 4.79 Å². The number of nitrogens with zero attached hydrogens (tertiary/aromatic N) is 6. The maximum atomic E-state index is 13.0. The summed E-state index contributed by atoms with van der Waals surface area (Å²) in [6, 6.07) is 7.80. The fourth-order valence-electron chi connectivity index (χ4n) is 3.46. The van der Waals surface area contributed by atoms with Crippen molar-refractivity contribution in [2.24, 2.45) is 0 Å². The summed E-state index contributed by atoms with van der Waals surface area (Å²) in [6.45, 7) is 4.42. The topological polar surface area (TPSA) is 90.0 Å². The summed E-state index contributed by atoms with van der Waals surface area (Å²) in [4.78, 5) is 17.8. The summed E-state index contributed by atoms with van der Waals surface area (Å²) in [7, 11) is 0. The third kappa shape index (κ3) is 2.81. The predicted molar refractivity (Wildman–Crippen MR) is 104 cm³/mol. The second-order valence-corrected chi connectivity index (χ2v) is 7.52. The Morgan fingerprint density at radius 2 is 2.14 bits per heavy atom. The van der Waals surface area contributed by atoms with Gasteiger partial charge < -0.3 is 5.32 Å². The molecule has 1 aliphatic rings. The smallest absolute Gasteiger partial charge is 0.252 e. The van der Waals surface area contributed by atoms with Crippen LogP contribution in [0.3, 0.4) is 0 Å². The van der Waals surface area contributed by atoms with Gasteiger partial charge in [-0.3, -0.25) is 9.20 Å². The fourth-order valence-corrected chi connectivity index (χ4v) is 3.46. The van der Waals surface area contributed by atoms with E-state index < -0.39 is 0 Å². The highest BCUT2D eigenvalue weighted by atomic mass is 16.1. The van der Waals surface area contributed by atoms with E-state index in [1.165, 1.54) is 0 Å². The van der Waals surface area contributed by atoms with Crippen molar-refractivity contribution in [2.45, 2.75) is 45.2 Å². The van der Waals surface area contributed by atoms with Crippen molar-refractivity contribution in [3.63, 3.8) is 0 Å². The molecule has 0 radical (unpaired) electrons. The summed E-state index contributed by atoms with van der Waals surface area (Å²) >= 11 is 0. The molecule has 4 aromatic rings. The minimum absolute atomic E-state index is 0.148. The van der Waals surface area contributed by atoms with Gasteiger partial charge in [-0.25, -0.2) is 9.67 Å². The normalized spacial score (nSPS) is 14.2. The van der Waals surface area contributed by atoms with E-state index in [4.69, 9.17) is 4.98 Å². The standard InChI is InChI=1S/C20H21N7O/c1-12(2)27-19-15(10-22-27)14(9-16(23-19)13-6-7-13)20(28)21-11-18-25-24-17-5-3-4-8-26(17)18/h3-5,8-10,12-13H,6-7,11H2,1-2H3,(H,21,28). The van der Waals surface area contributed by atoms with E-state index in [0.29, 0.717) is 23.9 Å². The maximum absolute atomic E-state index is 13.0. The van der Waals surface area contributed by atoms with Crippen molar-refractivity contribution < 1.29 is 4.79 Å². The van der Waals surface area contributed by atoms with Gasteiger partial charge in [0.2, 0.25) is 0 Å². The molecule has 1 N–H and O–H groups in total. The lowest BCUT2D eigenvalue weighted by Gasteiger charge is -2.10. The van der Waals surface area contributed by atoms with Crippen LogP contribution in [0.4, 0.5) is 0 Å². The van der Waals surface area contributed by atoms with Crippen LogP contribution in [0, 0.1) is 0 Å². The van der Waals surface area contributed by atoms with E-state index in [1.54, 1.807) is 6.20 Å². The van der Waals surface area contributed by atoms with Gasteiger partial charge in [-0.2, -0.15) is 5.10 Å². The molecule has 8 heteroatoms. The number of carbonyl (C=O) groups is 1. The Kier molecular flexibility index (Phi) is 3.85. The zero-order chi connectivity index (χ0) is 19.3. The van der Waals surface area contributed by atoms with Crippen LogP contribution in [-0.2, 0) is 6.54 Å². The molecule has 5 rings (SSSR count). The highest BCUT2D eigenvalue weighted by Crippen LogP contribution is 2.40. The number of carbonyl (C=O) groups excluding carboxylic acids is 1. The second-order valence-electron chi connectivity index (χ2n) is 7.52. The number of aromatic nitrogens is 6. The molecular weight excluding hydrogens is 354 g/mol. The van der Waals surface area contributed by atoms with Crippen LogP contribution in [0.5, 0.6) is 0 Å². The Labute approximate surface area is 161 Å². The number of amides is 1. The number of rotatable bonds is 5. The molecule has 0 unspecified atom stereocenters. The quantitative estimate of drug-likeness (QED) is 0.579. The average molecular weight is 375 g/mol. The Bertz CT molecular complexity index is 1190. The van der Waals surface area contributed by atoms with Gasteiger partial charge in [-0.15, -0.1) is 10.2 Å². The van der Waals surface area contributed by atoms with Gasteiger partial charge in [-0.05, 0) is 44.9 Å². The lowest BCUT2D eigenvalue weighted by atomic mass is 10.1. The predicted octanol–water partition coefficient (Wildman–Crippen LogP) is 2.86. The van der Waals surface area contributed by atoms with Crippen LogP contribution in [-0.4, -0.2) is 35.3 Å². The minimum Gasteiger partial charge on any atom is -0.345 e. The molecule has 0 bridgehead atoms. The number of hydrogen-bond donors (Lipinski definition) is 1. The Hall–Kier alpha value is -3.29. The zero-order valence-corrected chi connectivity index (χ0v) is 15.8. The Morgan fingerprint density at radius 1 is 1.29 bits per heavy atom. The second kappa shape index (κ2) is 6.40. The maximum Gasteiger partial charge on any atom is 0.252 e. The number of fused-ring (bicyclic) bond motifs is 2. The SMILES string of the molecule is CC(C)n1ncc2c(C(=O)NCc3nnc4ccccn34)cc(C3CC3)nc21. The average Bonchev–Trinajstić information content (AvgIpc) is 3.33. The van der Waals surface area contributed by atoms with Crippen molar-refractivity contribution in [1.29, 1.82) is 0 Å². The Balaban J connectivity index is 1.48. The molecular formula is C20H21N7O. The molecule has 4 heterocycles. The largest absolute Gasteiger partial charge is 0.345 e. The third-order valence-corrected chi connectivity index (χ3v) is 5.11. The van der Waals surface area contributed by atoms with Gasteiger partial charge in [-0.1, -0.05) is 6.07 Å². The van der Waals surface area contributed by atoms with Crippen molar-refractivity contribution in [2.75, 3.05) is 0 Å². The summed E-state index contributed by atoms with van der Waals surface area (Å²) in [6.07, 6.45) is 5.88. The highest BCUT2D eigenvalue weighted by molar-refractivity contribution is 6.05. The molecule has 1 aliphatic carbocycles. The van der Waals surface area contributed by atoms with E-state index >= 15 is 0 Å². The molecule has 0 spiro atoms. The summed E-state index contributed by atoms with van der Waals surface area (Å²) in [5, 5.41) is 16.5. The minimum atomic E-state index is -0.148. The molecule has 142 valence electrons. The van der Waals surface area contributed by atoms with Gasteiger partial charge in [0.05, 0.1) is 23.7 Å². The van der Waals surface area contributed by atoms with Crippen LogP contribution in [0.2, 0.25) is 0 Å². The molecule has 4 aromatic heterocycles. The molecule has 28 heavy (non-hydrogen) atoms. The van der Waals surface area contributed by atoms with Crippen molar-refractivity contribution in [3.05, 3.63) is 53.7 Å². The van der Waals surface area contributed by atoms with Gasteiger partial charge in [0.1, 0.15) is 0 Å². The first-order valence-electron chi connectivity index (χ1n) is 9.57. The van der Waals surface area contributed by atoms with Crippen LogP contribution in [0.15, 0.2) is 36.7 Å². The van der Waals surface area contributed by atoms with E-state index in [-0.39, 0.29) is 11.9 Å². The monoisotopic (exact) mass is 375 g/mol. The summed E-state index contributed by atoms with van der Waals surface area (Å²) < 4.78 is 3.75. The molecule has 8 nitrogen and oxygen atoms in total. The molecule has 0 saturated heterocycles. The van der Waals surface area contributed by atoms with Crippen molar-refractivity contribution in [3.8, 4) is 0 Å².